The molecule has 0 spiro atoms. The molecule has 0 aromatic rings. The number of hydrogen-bond acceptors (Lipinski definition) is 5. The standard InChI is InChI=1S/C15H33NO4Si/c1-13(2)10-12(11-14(3,4)16-13)20-21-9-8-15(17-5,18-6)19-7/h12,16H,8-11,21H2,1-7H3. The van der Waals surface area contributed by atoms with Gasteiger partial charge < -0.3 is 24.0 Å². The molecule has 0 aliphatic carbocycles. The number of rotatable bonds is 8. The van der Waals surface area contributed by atoms with Gasteiger partial charge >= 0.3 is 0 Å². The van der Waals surface area contributed by atoms with E-state index in [-0.39, 0.29) is 11.1 Å². The monoisotopic (exact) mass is 319 g/mol. The summed E-state index contributed by atoms with van der Waals surface area (Å²) in [6.07, 6.45) is 3.19. The average molecular weight is 320 g/mol. The normalized spacial score (nSPS) is 23.0. The Morgan fingerprint density at radius 3 is 1.90 bits per heavy atom. The molecule has 0 amide bonds. The summed E-state index contributed by atoms with van der Waals surface area (Å²) < 4.78 is 22.1. The molecule has 1 rings (SSSR count). The third-order valence-electron chi connectivity index (χ3n) is 4.07. The molecule has 6 heteroatoms. The quantitative estimate of drug-likeness (QED) is 0.420. The van der Waals surface area contributed by atoms with Crippen LogP contribution in [-0.4, -0.2) is 54.2 Å². The highest BCUT2D eigenvalue weighted by Gasteiger charge is 2.38. The minimum Gasteiger partial charge on any atom is -0.421 e. The zero-order valence-electron chi connectivity index (χ0n) is 14.7. The summed E-state index contributed by atoms with van der Waals surface area (Å²) in [7, 11) is 4.21. The summed E-state index contributed by atoms with van der Waals surface area (Å²) in [5, 5.41) is 3.68. The maximum absolute atomic E-state index is 6.22. The van der Waals surface area contributed by atoms with Crippen molar-refractivity contribution >= 4 is 9.76 Å². The average Bonchev–Trinajstić information content (AvgIpc) is 2.36. The van der Waals surface area contributed by atoms with E-state index in [9.17, 15) is 0 Å². The number of nitrogens with one attached hydrogen (secondary N) is 1. The van der Waals surface area contributed by atoms with Gasteiger partial charge in [0.25, 0.3) is 5.97 Å². The lowest BCUT2D eigenvalue weighted by atomic mass is 9.81. The largest absolute Gasteiger partial charge is 0.421 e. The molecular weight excluding hydrogens is 286 g/mol. The van der Waals surface area contributed by atoms with Gasteiger partial charge in [-0.3, -0.25) is 0 Å². The molecule has 126 valence electrons. The van der Waals surface area contributed by atoms with Crippen LogP contribution in [0.3, 0.4) is 0 Å². The summed E-state index contributed by atoms with van der Waals surface area (Å²) in [5.74, 6) is -0.914. The fourth-order valence-electron chi connectivity index (χ4n) is 3.44. The van der Waals surface area contributed by atoms with Crippen molar-refractivity contribution in [2.75, 3.05) is 21.3 Å². The highest BCUT2D eigenvalue weighted by Crippen LogP contribution is 2.30. The van der Waals surface area contributed by atoms with Gasteiger partial charge in [0.05, 0.1) is 0 Å². The maximum Gasteiger partial charge on any atom is 0.281 e. The summed E-state index contributed by atoms with van der Waals surface area (Å²) >= 11 is 0. The van der Waals surface area contributed by atoms with Crippen LogP contribution in [0.1, 0.15) is 47.0 Å². The Balaban J connectivity index is 2.38. The molecule has 1 heterocycles. The van der Waals surface area contributed by atoms with Crippen LogP contribution < -0.4 is 5.32 Å². The molecule has 0 radical (unpaired) electrons. The van der Waals surface area contributed by atoms with Crippen molar-refractivity contribution in [3.8, 4) is 0 Å². The number of piperidine rings is 1. The SMILES string of the molecule is COC(CC[SiH2]OC1CC(C)(C)NC(C)(C)C1)(OC)OC. The fourth-order valence-corrected chi connectivity index (χ4v) is 4.75. The lowest BCUT2D eigenvalue weighted by Gasteiger charge is -2.46. The van der Waals surface area contributed by atoms with E-state index in [1.807, 2.05) is 0 Å². The Morgan fingerprint density at radius 1 is 1.00 bits per heavy atom. The van der Waals surface area contributed by atoms with Gasteiger partial charge in [-0.25, -0.2) is 0 Å². The first-order valence-electron chi connectivity index (χ1n) is 7.74. The van der Waals surface area contributed by atoms with Crippen LogP contribution >= 0.6 is 0 Å². The predicted molar refractivity (Wildman–Crippen MR) is 87.1 cm³/mol. The van der Waals surface area contributed by atoms with E-state index in [0.29, 0.717) is 12.5 Å². The topological polar surface area (TPSA) is 49.0 Å². The van der Waals surface area contributed by atoms with Crippen molar-refractivity contribution in [3.05, 3.63) is 0 Å². The molecule has 1 aliphatic rings. The van der Waals surface area contributed by atoms with Crippen LogP contribution in [0.5, 0.6) is 0 Å². The van der Waals surface area contributed by atoms with Crippen LogP contribution in [0.15, 0.2) is 0 Å². The molecule has 0 bridgehead atoms. The van der Waals surface area contributed by atoms with Crippen LogP contribution in [0.25, 0.3) is 0 Å². The minimum absolute atomic E-state index is 0.135. The second-order valence-electron chi connectivity index (χ2n) is 7.19. The van der Waals surface area contributed by atoms with Crippen molar-refractivity contribution in [2.45, 2.75) is 76.2 Å². The van der Waals surface area contributed by atoms with Gasteiger partial charge in [0.1, 0.15) is 0 Å². The molecular formula is C15H33NO4Si. The Hall–Kier alpha value is 0.0169. The smallest absolute Gasteiger partial charge is 0.281 e. The highest BCUT2D eigenvalue weighted by molar-refractivity contribution is 6.27. The molecule has 21 heavy (non-hydrogen) atoms. The van der Waals surface area contributed by atoms with Crippen molar-refractivity contribution in [3.63, 3.8) is 0 Å². The minimum atomic E-state index is -0.914. The maximum atomic E-state index is 6.22. The Kier molecular flexibility index (Phi) is 6.83. The van der Waals surface area contributed by atoms with E-state index >= 15 is 0 Å². The summed E-state index contributed by atoms with van der Waals surface area (Å²) in [5.41, 5.74) is 0.270. The first kappa shape index (κ1) is 19.1. The number of methoxy groups -OCH3 is 3. The molecule has 1 fully saturated rings. The Morgan fingerprint density at radius 2 is 1.48 bits per heavy atom. The molecule has 1 N–H and O–H groups in total. The van der Waals surface area contributed by atoms with Crippen LogP contribution in [0.4, 0.5) is 0 Å². The van der Waals surface area contributed by atoms with Crippen molar-refractivity contribution in [1.82, 2.24) is 5.32 Å². The van der Waals surface area contributed by atoms with Crippen molar-refractivity contribution < 1.29 is 18.6 Å². The van der Waals surface area contributed by atoms with Crippen LogP contribution in [0.2, 0.25) is 6.04 Å². The first-order chi connectivity index (χ1) is 9.67. The molecule has 1 saturated heterocycles. The zero-order chi connectivity index (χ0) is 16.1. The van der Waals surface area contributed by atoms with Gasteiger partial charge in [-0.2, -0.15) is 0 Å². The first-order valence-corrected chi connectivity index (χ1v) is 9.32. The lowest BCUT2D eigenvalue weighted by molar-refractivity contribution is -0.353. The highest BCUT2D eigenvalue weighted by atomic mass is 28.2. The van der Waals surface area contributed by atoms with Crippen LogP contribution in [0, 0.1) is 0 Å². The Bertz CT molecular complexity index is 295. The van der Waals surface area contributed by atoms with Gasteiger partial charge in [0.15, 0.2) is 9.76 Å². The zero-order valence-corrected chi connectivity index (χ0v) is 16.2. The molecule has 5 nitrogen and oxygen atoms in total. The molecule has 0 unspecified atom stereocenters. The van der Waals surface area contributed by atoms with Gasteiger partial charge in [0, 0.05) is 44.9 Å². The van der Waals surface area contributed by atoms with E-state index < -0.39 is 15.7 Å². The third kappa shape index (κ3) is 5.96. The molecule has 0 aromatic carbocycles. The molecule has 0 atom stereocenters. The third-order valence-corrected chi connectivity index (χ3v) is 5.42. The lowest BCUT2D eigenvalue weighted by Crippen LogP contribution is -2.59. The van der Waals surface area contributed by atoms with Crippen molar-refractivity contribution in [1.29, 1.82) is 0 Å². The second kappa shape index (κ2) is 7.52. The van der Waals surface area contributed by atoms with E-state index in [1.54, 1.807) is 21.3 Å². The predicted octanol–water partition coefficient (Wildman–Crippen LogP) is 1.80. The number of hydrogen-bond donors (Lipinski definition) is 1. The molecule has 0 saturated carbocycles. The fraction of sp³-hybridized carbons (Fsp3) is 1.00. The van der Waals surface area contributed by atoms with Gasteiger partial charge in [-0.15, -0.1) is 0 Å². The number of ether oxygens (including phenoxy) is 3. The van der Waals surface area contributed by atoms with Crippen molar-refractivity contribution in [2.24, 2.45) is 0 Å². The van der Waals surface area contributed by atoms with Crippen LogP contribution in [-0.2, 0) is 18.6 Å². The van der Waals surface area contributed by atoms with E-state index in [1.165, 1.54) is 0 Å². The van der Waals surface area contributed by atoms with Gasteiger partial charge in [-0.05, 0) is 46.6 Å². The van der Waals surface area contributed by atoms with Gasteiger partial charge in [-0.1, -0.05) is 0 Å². The van der Waals surface area contributed by atoms with E-state index in [0.717, 1.165) is 18.9 Å². The second-order valence-corrected chi connectivity index (χ2v) is 8.64. The van der Waals surface area contributed by atoms with E-state index in [2.05, 4.69) is 33.0 Å². The molecule has 1 aliphatic heterocycles. The summed E-state index contributed by atoms with van der Waals surface area (Å²) in [6.45, 7) is 8.99. The Labute approximate surface area is 132 Å². The van der Waals surface area contributed by atoms with E-state index in [4.69, 9.17) is 18.6 Å². The summed E-state index contributed by atoms with van der Waals surface area (Å²) in [6, 6.07) is 0.973. The summed E-state index contributed by atoms with van der Waals surface area (Å²) in [4.78, 5) is 0. The van der Waals surface area contributed by atoms with Gasteiger partial charge in [0.2, 0.25) is 0 Å². The molecule has 0 aromatic heterocycles.